The molecule has 0 spiro atoms. The Bertz CT molecular complexity index is 1000. The number of hydrogen-bond donors (Lipinski definition) is 1. The van der Waals surface area contributed by atoms with Crippen LogP contribution in [0, 0.1) is 5.92 Å². The highest BCUT2D eigenvalue weighted by atomic mass is 32.2. The molecule has 2 aromatic rings. The lowest BCUT2D eigenvalue weighted by Crippen LogP contribution is -2.44. The van der Waals surface area contributed by atoms with Gasteiger partial charge in [-0.1, -0.05) is 30.3 Å². The molecule has 1 aliphatic rings. The summed E-state index contributed by atoms with van der Waals surface area (Å²) in [6.07, 6.45) is 2.78. The van der Waals surface area contributed by atoms with E-state index in [2.05, 4.69) is 17.4 Å². The van der Waals surface area contributed by atoms with Gasteiger partial charge in [-0.3, -0.25) is 4.79 Å². The van der Waals surface area contributed by atoms with Gasteiger partial charge < -0.3 is 14.8 Å². The lowest BCUT2D eigenvalue weighted by molar-refractivity contribution is -0.126. The van der Waals surface area contributed by atoms with Gasteiger partial charge in [0.1, 0.15) is 0 Å². The summed E-state index contributed by atoms with van der Waals surface area (Å²) in [6.45, 7) is 2.64. The maximum absolute atomic E-state index is 13.1. The maximum atomic E-state index is 13.1. The molecule has 1 unspecified atom stereocenters. The molecule has 8 heteroatoms. The minimum atomic E-state index is -3.66. The highest BCUT2D eigenvalue weighted by Gasteiger charge is 2.32. The smallest absolute Gasteiger partial charge is 0.243 e. The third-order valence-electron chi connectivity index (χ3n) is 5.92. The fraction of sp³-hybridized carbons (Fsp3) is 0.458. The molecule has 2 aromatic carbocycles. The number of carbonyl (C=O) groups is 1. The van der Waals surface area contributed by atoms with Crippen LogP contribution in [0.1, 0.15) is 31.7 Å². The van der Waals surface area contributed by atoms with Crippen molar-refractivity contribution in [3.8, 4) is 11.5 Å². The van der Waals surface area contributed by atoms with Crippen molar-refractivity contribution in [3.05, 3.63) is 54.1 Å². The first-order chi connectivity index (χ1) is 15.3. The van der Waals surface area contributed by atoms with Crippen LogP contribution in [0.5, 0.6) is 11.5 Å². The van der Waals surface area contributed by atoms with Gasteiger partial charge in [0.15, 0.2) is 11.5 Å². The second kappa shape index (κ2) is 10.8. The van der Waals surface area contributed by atoms with E-state index >= 15 is 0 Å². The monoisotopic (exact) mass is 460 g/mol. The molecule has 1 fully saturated rings. The number of benzene rings is 2. The third kappa shape index (κ3) is 5.81. The number of amides is 1. The van der Waals surface area contributed by atoms with E-state index in [4.69, 9.17) is 9.47 Å². The van der Waals surface area contributed by atoms with E-state index in [1.807, 2.05) is 25.1 Å². The summed E-state index contributed by atoms with van der Waals surface area (Å²) in [7, 11) is -0.689. The number of sulfonamides is 1. The Hall–Kier alpha value is -2.58. The molecule has 0 aromatic heterocycles. The molecular weight excluding hydrogens is 428 g/mol. The van der Waals surface area contributed by atoms with Crippen molar-refractivity contribution in [1.82, 2.24) is 9.62 Å². The predicted octanol–water partition coefficient (Wildman–Crippen LogP) is 3.24. The Morgan fingerprint density at radius 1 is 1.06 bits per heavy atom. The molecule has 1 aliphatic heterocycles. The number of piperidine rings is 1. The van der Waals surface area contributed by atoms with Crippen LogP contribution >= 0.6 is 0 Å². The topological polar surface area (TPSA) is 84.9 Å². The molecule has 0 aliphatic carbocycles. The first kappa shape index (κ1) is 24.1. The number of rotatable bonds is 9. The van der Waals surface area contributed by atoms with Crippen molar-refractivity contribution in [2.24, 2.45) is 5.92 Å². The van der Waals surface area contributed by atoms with E-state index in [1.54, 1.807) is 6.07 Å². The zero-order valence-electron chi connectivity index (χ0n) is 18.9. The molecule has 0 bridgehead atoms. The summed E-state index contributed by atoms with van der Waals surface area (Å²) in [4.78, 5) is 12.9. The third-order valence-corrected chi connectivity index (χ3v) is 7.81. The van der Waals surface area contributed by atoms with Crippen molar-refractivity contribution < 1.29 is 22.7 Å². The second-order valence-corrected chi connectivity index (χ2v) is 10.1. The van der Waals surface area contributed by atoms with Crippen LogP contribution in [0.3, 0.4) is 0 Å². The van der Waals surface area contributed by atoms with Gasteiger partial charge in [-0.15, -0.1) is 0 Å². The van der Waals surface area contributed by atoms with Crippen molar-refractivity contribution in [1.29, 1.82) is 0 Å². The summed E-state index contributed by atoms with van der Waals surface area (Å²) < 4.78 is 38.0. The minimum absolute atomic E-state index is 0.00808. The van der Waals surface area contributed by atoms with Gasteiger partial charge in [0.2, 0.25) is 15.9 Å². The van der Waals surface area contributed by atoms with Crippen molar-refractivity contribution in [2.75, 3.05) is 27.3 Å². The number of methoxy groups -OCH3 is 2. The first-order valence-electron chi connectivity index (χ1n) is 10.9. The van der Waals surface area contributed by atoms with E-state index in [9.17, 15) is 13.2 Å². The quantitative estimate of drug-likeness (QED) is 0.621. The molecule has 174 valence electrons. The average molecular weight is 461 g/mol. The summed E-state index contributed by atoms with van der Waals surface area (Å²) in [5.74, 6) is 0.676. The molecule has 0 radical (unpaired) electrons. The van der Waals surface area contributed by atoms with Crippen molar-refractivity contribution in [3.63, 3.8) is 0 Å². The molecule has 1 heterocycles. The second-order valence-electron chi connectivity index (χ2n) is 8.13. The van der Waals surface area contributed by atoms with Crippen LogP contribution in [0.25, 0.3) is 0 Å². The summed E-state index contributed by atoms with van der Waals surface area (Å²) >= 11 is 0. The molecule has 1 saturated heterocycles. The van der Waals surface area contributed by atoms with E-state index < -0.39 is 10.0 Å². The summed E-state index contributed by atoms with van der Waals surface area (Å²) in [5, 5.41) is 3.10. The maximum Gasteiger partial charge on any atom is 0.243 e. The lowest BCUT2D eigenvalue weighted by atomic mass is 9.96. The first-order valence-corrected chi connectivity index (χ1v) is 12.4. The molecule has 1 amide bonds. The number of aryl methyl sites for hydroxylation is 1. The van der Waals surface area contributed by atoms with Crippen LogP contribution in [-0.4, -0.2) is 52.0 Å². The number of hydrogen-bond acceptors (Lipinski definition) is 5. The highest BCUT2D eigenvalue weighted by molar-refractivity contribution is 7.89. The van der Waals surface area contributed by atoms with Crippen LogP contribution < -0.4 is 14.8 Å². The molecule has 0 saturated carbocycles. The summed E-state index contributed by atoms with van der Waals surface area (Å²) in [5.41, 5.74) is 1.25. The van der Waals surface area contributed by atoms with Gasteiger partial charge in [-0.05, 0) is 50.3 Å². The molecular formula is C24H32N2O5S. The van der Waals surface area contributed by atoms with Gasteiger partial charge in [-0.2, -0.15) is 4.31 Å². The van der Waals surface area contributed by atoms with E-state index in [-0.39, 0.29) is 22.8 Å². The van der Waals surface area contributed by atoms with Gasteiger partial charge >= 0.3 is 0 Å². The van der Waals surface area contributed by atoms with Crippen molar-refractivity contribution >= 4 is 15.9 Å². The SMILES string of the molecule is COc1ccc(S(=O)(=O)N2CCC(C(=O)NC(C)CCc3ccccc3)CC2)cc1OC. The fourth-order valence-electron chi connectivity index (χ4n) is 3.95. The van der Waals surface area contributed by atoms with E-state index in [0.29, 0.717) is 37.4 Å². The number of nitrogens with zero attached hydrogens (tertiary/aromatic N) is 1. The summed E-state index contributed by atoms with van der Waals surface area (Å²) in [6, 6.07) is 14.8. The number of nitrogens with one attached hydrogen (secondary N) is 1. The van der Waals surface area contributed by atoms with Gasteiger partial charge in [0.25, 0.3) is 0 Å². The molecule has 1 atom stereocenters. The minimum Gasteiger partial charge on any atom is -0.493 e. The van der Waals surface area contributed by atoms with Gasteiger partial charge in [0.05, 0.1) is 19.1 Å². The van der Waals surface area contributed by atoms with Crippen LogP contribution in [0.2, 0.25) is 0 Å². The lowest BCUT2D eigenvalue weighted by Gasteiger charge is -2.31. The van der Waals surface area contributed by atoms with Crippen LogP contribution in [0.4, 0.5) is 0 Å². The Kier molecular flexibility index (Phi) is 8.15. The molecule has 32 heavy (non-hydrogen) atoms. The highest BCUT2D eigenvalue weighted by Crippen LogP contribution is 2.32. The zero-order valence-corrected chi connectivity index (χ0v) is 19.7. The number of ether oxygens (including phenoxy) is 2. The van der Waals surface area contributed by atoms with Gasteiger partial charge in [0, 0.05) is 31.1 Å². The van der Waals surface area contributed by atoms with Crippen molar-refractivity contribution in [2.45, 2.75) is 43.5 Å². The molecule has 1 N–H and O–H groups in total. The Morgan fingerprint density at radius 2 is 1.72 bits per heavy atom. The van der Waals surface area contributed by atoms with Crippen LogP contribution in [-0.2, 0) is 21.2 Å². The van der Waals surface area contributed by atoms with Gasteiger partial charge in [-0.25, -0.2) is 8.42 Å². The Morgan fingerprint density at radius 3 is 2.34 bits per heavy atom. The Balaban J connectivity index is 1.53. The predicted molar refractivity (Wildman–Crippen MR) is 123 cm³/mol. The average Bonchev–Trinajstić information content (AvgIpc) is 2.83. The Labute approximate surface area is 190 Å². The number of carbonyl (C=O) groups excluding carboxylic acids is 1. The zero-order chi connectivity index (χ0) is 23.1. The van der Waals surface area contributed by atoms with E-state index in [0.717, 1.165) is 12.8 Å². The molecule has 3 rings (SSSR count). The fourth-order valence-corrected chi connectivity index (χ4v) is 5.43. The molecule has 7 nitrogen and oxygen atoms in total. The van der Waals surface area contributed by atoms with E-state index in [1.165, 1.54) is 36.2 Å². The normalized spacial score (nSPS) is 16.3. The largest absolute Gasteiger partial charge is 0.493 e. The standard InChI is InChI=1S/C24H32N2O5S/c1-18(9-10-19-7-5-4-6-8-19)25-24(27)20-13-15-26(16-14-20)32(28,29)21-11-12-22(30-2)23(17-21)31-3/h4-8,11-12,17-18,20H,9-10,13-16H2,1-3H3,(H,25,27). The van der Waals surface area contributed by atoms with Crippen LogP contribution in [0.15, 0.2) is 53.4 Å².